The summed E-state index contributed by atoms with van der Waals surface area (Å²) in [5, 5.41) is 4.71. The first-order chi connectivity index (χ1) is 9.85. The van der Waals surface area contributed by atoms with E-state index in [0.717, 1.165) is 12.6 Å². The van der Waals surface area contributed by atoms with Crippen LogP contribution < -0.4 is 10.2 Å². The minimum atomic E-state index is 0.483. The molecule has 0 amide bonds. The number of nitrogens with zero attached hydrogens (tertiary/aromatic N) is 3. The molecule has 0 aromatic carbocycles. The Hall–Kier alpha value is -0.650. The van der Waals surface area contributed by atoms with E-state index in [1.54, 1.807) is 0 Å². The van der Waals surface area contributed by atoms with Gasteiger partial charge in [0.05, 0.1) is 11.7 Å². The zero-order valence-corrected chi connectivity index (χ0v) is 13.1. The molecule has 0 saturated carbocycles. The minimum absolute atomic E-state index is 0.483. The normalized spacial score (nSPS) is 30.4. The lowest BCUT2D eigenvalue weighted by molar-refractivity contribution is 0.231. The first kappa shape index (κ1) is 13.0. The van der Waals surface area contributed by atoms with Crippen LogP contribution in [0.4, 0.5) is 5.13 Å². The van der Waals surface area contributed by atoms with E-state index in [-0.39, 0.29) is 0 Å². The van der Waals surface area contributed by atoms with E-state index in [9.17, 15) is 0 Å². The fourth-order valence-electron chi connectivity index (χ4n) is 3.99. The minimum Gasteiger partial charge on any atom is -0.345 e. The largest absolute Gasteiger partial charge is 0.345 e. The van der Waals surface area contributed by atoms with Gasteiger partial charge in [-0.1, -0.05) is 0 Å². The molecule has 1 aromatic heterocycles. The Morgan fingerprint density at radius 3 is 3.05 bits per heavy atom. The molecule has 0 bridgehead atoms. The van der Waals surface area contributed by atoms with Crippen molar-refractivity contribution in [3.63, 3.8) is 0 Å². The third-order valence-electron chi connectivity index (χ3n) is 5.15. The number of nitrogens with one attached hydrogen (secondary N) is 1. The number of hydrogen-bond acceptors (Lipinski definition) is 5. The number of rotatable bonds is 2. The highest BCUT2D eigenvalue weighted by molar-refractivity contribution is 7.15. The van der Waals surface area contributed by atoms with Crippen molar-refractivity contribution in [1.29, 1.82) is 0 Å². The molecule has 110 valence electrons. The number of fused-ring (bicyclic) bond motifs is 2. The van der Waals surface area contributed by atoms with Crippen LogP contribution in [0.3, 0.4) is 0 Å². The van der Waals surface area contributed by atoms with Crippen LogP contribution in [0.2, 0.25) is 0 Å². The second-order valence-corrected chi connectivity index (χ2v) is 7.38. The van der Waals surface area contributed by atoms with Crippen molar-refractivity contribution < 1.29 is 0 Å². The third-order valence-corrected chi connectivity index (χ3v) is 6.34. The van der Waals surface area contributed by atoms with Gasteiger partial charge in [0.25, 0.3) is 0 Å². The van der Waals surface area contributed by atoms with Gasteiger partial charge < -0.3 is 10.2 Å². The summed E-state index contributed by atoms with van der Waals surface area (Å²) in [5.41, 5.74) is 1.34. The quantitative estimate of drug-likeness (QED) is 0.904. The average Bonchev–Trinajstić information content (AvgIpc) is 3.11. The lowest BCUT2D eigenvalue weighted by Crippen LogP contribution is -2.50. The van der Waals surface area contributed by atoms with Crippen LogP contribution in [0.5, 0.6) is 0 Å². The first-order valence-corrected chi connectivity index (χ1v) is 8.82. The molecule has 2 saturated heterocycles. The van der Waals surface area contributed by atoms with E-state index in [1.807, 2.05) is 11.3 Å². The molecular weight excluding hydrogens is 268 g/mol. The van der Waals surface area contributed by atoms with Gasteiger partial charge in [-0.05, 0) is 45.7 Å². The Kier molecular flexibility index (Phi) is 3.44. The smallest absolute Gasteiger partial charge is 0.185 e. The van der Waals surface area contributed by atoms with Crippen molar-refractivity contribution in [3.05, 3.63) is 10.6 Å². The molecule has 1 aromatic rings. The van der Waals surface area contributed by atoms with Crippen LogP contribution in [0.1, 0.15) is 42.3 Å². The summed E-state index contributed by atoms with van der Waals surface area (Å²) in [7, 11) is 2.07. The van der Waals surface area contributed by atoms with Gasteiger partial charge in [-0.3, -0.25) is 4.90 Å². The maximum Gasteiger partial charge on any atom is 0.185 e. The van der Waals surface area contributed by atoms with E-state index in [2.05, 4.69) is 22.2 Å². The Morgan fingerprint density at radius 1 is 1.20 bits per heavy atom. The molecular formula is C15H24N4S. The van der Waals surface area contributed by atoms with Gasteiger partial charge in [0.1, 0.15) is 0 Å². The second-order valence-electron chi connectivity index (χ2n) is 6.32. The molecule has 20 heavy (non-hydrogen) atoms. The number of piperazine rings is 1. The van der Waals surface area contributed by atoms with E-state index in [1.165, 1.54) is 67.4 Å². The van der Waals surface area contributed by atoms with E-state index < -0.39 is 0 Å². The highest BCUT2D eigenvalue weighted by Gasteiger charge is 2.33. The van der Waals surface area contributed by atoms with Gasteiger partial charge in [0.15, 0.2) is 5.13 Å². The predicted molar refractivity (Wildman–Crippen MR) is 83.7 cm³/mol. The van der Waals surface area contributed by atoms with Crippen LogP contribution in [0, 0.1) is 0 Å². The SMILES string of the molecule is CNC1CCCc2sc(N3CCN4CCCC4C3)nc21. The molecule has 0 spiro atoms. The van der Waals surface area contributed by atoms with Crippen LogP contribution in [0.15, 0.2) is 0 Å². The highest BCUT2D eigenvalue weighted by Crippen LogP contribution is 2.37. The molecule has 4 nitrogen and oxygen atoms in total. The molecule has 2 atom stereocenters. The molecule has 0 radical (unpaired) electrons. The molecule has 4 rings (SSSR count). The van der Waals surface area contributed by atoms with Crippen molar-refractivity contribution in [1.82, 2.24) is 15.2 Å². The van der Waals surface area contributed by atoms with E-state index in [0.29, 0.717) is 6.04 Å². The Bertz CT molecular complexity index is 486. The standard InChI is InChI=1S/C15H24N4S/c1-16-12-5-2-6-13-14(12)17-15(20-13)19-9-8-18-7-3-4-11(18)10-19/h11-12,16H,2-10H2,1H3. The molecule has 3 heterocycles. The Morgan fingerprint density at radius 2 is 2.15 bits per heavy atom. The molecule has 2 fully saturated rings. The van der Waals surface area contributed by atoms with Crippen molar-refractivity contribution in [2.75, 3.05) is 38.1 Å². The summed E-state index contributed by atoms with van der Waals surface area (Å²) < 4.78 is 0. The summed E-state index contributed by atoms with van der Waals surface area (Å²) in [4.78, 5) is 11.7. The number of anilines is 1. The third kappa shape index (κ3) is 2.16. The number of thiazole rings is 1. The average molecular weight is 292 g/mol. The summed E-state index contributed by atoms with van der Waals surface area (Å²) in [6.45, 7) is 4.89. The summed E-state index contributed by atoms with van der Waals surface area (Å²) in [5.74, 6) is 0. The Labute approximate surface area is 125 Å². The molecule has 1 aliphatic carbocycles. The van der Waals surface area contributed by atoms with Crippen LogP contribution in [-0.4, -0.2) is 49.2 Å². The zero-order chi connectivity index (χ0) is 13.5. The van der Waals surface area contributed by atoms with Gasteiger partial charge in [-0.15, -0.1) is 11.3 Å². The van der Waals surface area contributed by atoms with Gasteiger partial charge in [-0.2, -0.15) is 0 Å². The van der Waals surface area contributed by atoms with Crippen LogP contribution >= 0.6 is 11.3 Å². The van der Waals surface area contributed by atoms with Crippen molar-refractivity contribution >= 4 is 16.5 Å². The molecule has 3 aliphatic rings. The van der Waals surface area contributed by atoms with Crippen molar-refractivity contribution in [2.45, 2.75) is 44.2 Å². The number of hydrogen-bond donors (Lipinski definition) is 1. The highest BCUT2D eigenvalue weighted by atomic mass is 32.1. The summed E-state index contributed by atoms with van der Waals surface area (Å²) >= 11 is 1.95. The number of aromatic nitrogens is 1. The monoisotopic (exact) mass is 292 g/mol. The summed E-state index contributed by atoms with van der Waals surface area (Å²) in [6.07, 6.45) is 6.53. The number of aryl methyl sites for hydroxylation is 1. The fraction of sp³-hybridized carbons (Fsp3) is 0.800. The first-order valence-electron chi connectivity index (χ1n) is 8.01. The van der Waals surface area contributed by atoms with Crippen molar-refractivity contribution in [3.8, 4) is 0 Å². The lowest BCUT2D eigenvalue weighted by atomic mass is 9.98. The van der Waals surface area contributed by atoms with E-state index in [4.69, 9.17) is 4.98 Å². The fourth-order valence-corrected chi connectivity index (χ4v) is 5.18. The molecule has 2 unspecified atom stereocenters. The predicted octanol–water partition coefficient (Wildman–Crippen LogP) is 2.02. The molecule has 2 aliphatic heterocycles. The zero-order valence-electron chi connectivity index (χ0n) is 12.3. The summed E-state index contributed by atoms with van der Waals surface area (Å²) in [6, 6.07) is 1.27. The van der Waals surface area contributed by atoms with Gasteiger partial charge >= 0.3 is 0 Å². The van der Waals surface area contributed by atoms with Crippen LogP contribution in [0.25, 0.3) is 0 Å². The van der Waals surface area contributed by atoms with Crippen molar-refractivity contribution in [2.24, 2.45) is 0 Å². The lowest BCUT2D eigenvalue weighted by Gasteiger charge is -2.37. The molecule has 5 heteroatoms. The second kappa shape index (κ2) is 5.28. The maximum absolute atomic E-state index is 5.00. The maximum atomic E-state index is 5.00. The van der Waals surface area contributed by atoms with E-state index >= 15 is 0 Å². The van der Waals surface area contributed by atoms with Crippen LogP contribution in [-0.2, 0) is 6.42 Å². The van der Waals surface area contributed by atoms with Gasteiger partial charge in [0, 0.05) is 30.6 Å². The molecule has 1 N–H and O–H groups in total. The van der Waals surface area contributed by atoms with Gasteiger partial charge in [0.2, 0.25) is 0 Å². The Balaban J connectivity index is 1.55. The topological polar surface area (TPSA) is 31.4 Å². The van der Waals surface area contributed by atoms with Gasteiger partial charge in [-0.25, -0.2) is 4.98 Å².